The van der Waals surface area contributed by atoms with Crippen LogP contribution < -0.4 is 10.6 Å². The average molecular weight is 326 g/mol. The van der Waals surface area contributed by atoms with Crippen molar-refractivity contribution in [1.82, 2.24) is 0 Å². The summed E-state index contributed by atoms with van der Waals surface area (Å²) in [5, 5.41) is 11.2. The van der Waals surface area contributed by atoms with Crippen molar-refractivity contribution in [2.75, 3.05) is 4.90 Å². The van der Waals surface area contributed by atoms with Crippen molar-refractivity contribution in [2.24, 2.45) is 5.73 Å². The summed E-state index contributed by atoms with van der Waals surface area (Å²) in [6, 6.07) is 9.34. The Kier molecular flexibility index (Phi) is 4.30. The highest BCUT2D eigenvalue weighted by atomic mass is 35.5. The first-order valence-corrected chi connectivity index (χ1v) is 6.45. The van der Waals surface area contributed by atoms with E-state index in [9.17, 15) is 14.9 Å². The molecular formula is C13H9Cl2N3O3. The Morgan fingerprint density at radius 1 is 1.14 bits per heavy atom. The number of anilines is 2. The smallest absolute Gasteiger partial charge is 0.323 e. The third-order valence-corrected chi connectivity index (χ3v) is 3.24. The second-order valence-corrected chi connectivity index (χ2v) is 4.89. The average Bonchev–Trinajstić information content (AvgIpc) is 2.42. The van der Waals surface area contributed by atoms with Gasteiger partial charge in [-0.15, -0.1) is 0 Å². The summed E-state index contributed by atoms with van der Waals surface area (Å²) in [4.78, 5) is 22.9. The van der Waals surface area contributed by atoms with Crippen LogP contribution in [0.3, 0.4) is 0 Å². The molecule has 0 heterocycles. The van der Waals surface area contributed by atoms with Crippen LogP contribution in [0.4, 0.5) is 21.9 Å². The van der Waals surface area contributed by atoms with E-state index in [0.717, 1.165) is 11.0 Å². The molecule has 0 bridgehead atoms. The number of halogens is 2. The van der Waals surface area contributed by atoms with Gasteiger partial charge in [-0.25, -0.2) is 4.79 Å². The van der Waals surface area contributed by atoms with Gasteiger partial charge in [0.2, 0.25) is 0 Å². The first-order valence-electron chi connectivity index (χ1n) is 5.69. The Balaban J connectivity index is 2.51. The maximum Gasteiger partial charge on any atom is 0.323 e. The van der Waals surface area contributed by atoms with Crippen LogP contribution in [0, 0.1) is 10.1 Å². The molecule has 2 aromatic carbocycles. The molecule has 21 heavy (non-hydrogen) atoms. The Hall–Kier alpha value is -2.31. The monoisotopic (exact) mass is 325 g/mol. The summed E-state index contributed by atoms with van der Waals surface area (Å²) in [6.45, 7) is 0. The third kappa shape index (κ3) is 3.24. The van der Waals surface area contributed by atoms with E-state index in [1.165, 1.54) is 12.1 Å². The number of nitro benzene ring substituents is 1. The molecule has 0 spiro atoms. The van der Waals surface area contributed by atoms with Gasteiger partial charge in [0.15, 0.2) is 0 Å². The van der Waals surface area contributed by atoms with Crippen molar-refractivity contribution < 1.29 is 9.72 Å². The molecule has 0 aliphatic rings. The molecule has 108 valence electrons. The van der Waals surface area contributed by atoms with E-state index < -0.39 is 11.0 Å². The van der Waals surface area contributed by atoms with Gasteiger partial charge in [-0.05, 0) is 30.3 Å². The lowest BCUT2D eigenvalue weighted by Gasteiger charge is -2.21. The van der Waals surface area contributed by atoms with Crippen molar-refractivity contribution in [3.63, 3.8) is 0 Å². The van der Waals surface area contributed by atoms with E-state index in [4.69, 9.17) is 28.9 Å². The van der Waals surface area contributed by atoms with Crippen molar-refractivity contribution in [3.8, 4) is 0 Å². The summed E-state index contributed by atoms with van der Waals surface area (Å²) < 4.78 is 0. The number of carbonyl (C=O) groups excluding carboxylic acids is 1. The van der Waals surface area contributed by atoms with Crippen LogP contribution >= 0.6 is 23.2 Å². The van der Waals surface area contributed by atoms with Crippen LogP contribution in [-0.2, 0) is 0 Å². The molecule has 0 aromatic heterocycles. The third-order valence-electron chi connectivity index (χ3n) is 2.69. The maximum atomic E-state index is 11.7. The molecule has 2 N–H and O–H groups in total. The van der Waals surface area contributed by atoms with E-state index >= 15 is 0 Å². The van der Waals surface area contributed by atoms with Crippen LogP contribution in [0.25, 0.3) is 0 Å². The molecule has 2 aromatic rings. The second-order valence-electron chi connectivity index (χ2n) is 4.04. The standard InChI is InChI=1S/C13H9Cl2N3O3/c14-8-1-3-9(4-2-8)17(13(16)19)12-6-5-10(18(20)21)7-11(12)15/h1-7H,(H2,16,19). The summed E-state index contributed by atoms with van der Waals surface area (Å²) >= 11 is 11.8. The summed E-state index contributed by atoms with van der Waals surface area (Å²) in [5.74, 6) is 0. The number of hydrogen-bond acceptors (Lipinski definition) is 3. The summed E-state index contributed by atoms with van der Waals surface area (Å²) in [6.07, 6.45) is 0. The zero-order chi connectivity index (χ0) is 15.6. The van der Waals surface area contributed by atoms with Crippen molar-refractivity contribution in [3.05, 3.63) is 62.6 Å². The predicted octanol–water partition coefficient (Wildman–Crippen LogP) is 4.12. The number of primary amides is 1. The highest BCUT2D eigenvalue weighted by Gasteiger charge is 2.20. The van der Waals surface area contributed by atoms with E-state index in [0.29, 0.717) is 10.7 Å². The van der Waals surface area contributed by atoms with Gasteiger partial charge in [0.05, 0.1) is 21.3 Å². The minimum absolute atomic E-state index is 0.0398. The lowest BCUT2D eigenvalue weighted by atomic mass is 10.2. The van der Waals surface area contributed by atoms with Gasteiger partial charge in [0.1, 0.15) is 0 Å². The molecule has 2 amide bonds. The fourth-order valence-corrected chi connectivity index (χ4v) is 2.15. The first kappa shape index (κ1) is 15.1. The highest BCUT2D eigenvalue weighted by Crippen LogP contribution is 2.34. The van der Waals surface area contributed by atoms with E-state index in [2.05, 4.69) is 0 Å². The van der Waals surface area contributed by atoms with Crippen LogP contribution in [0.1, 0.15) is 0 Å². The molecule has 6 nitrogen and oxygen atoms in total. The van der Waals surface area contributed by atoms with E-state index in [1.807, 2.05) is 0 Å². The molecule has 0 fully saturated rings. The number of nitrogens with two attached hydrogens (primary N) is 1. The lowest BCUT2D eigenvalue weighted by Crippen LogP contribution is -2.31. The van der Waals surface area contributed by atoms with Crippen LogP contribution in [0.2, 0.25) is 10.0 Å². The van der Waals surface area contributed by atoms with Gasteiger partial charge in [-0.3, -0.25) is 15.0 Å². The summed E-state index contributed by atoms with van der Waals surface area (Å²) in [5.41, 5.74) is 5.88. The molecule has 0 unspecified atom stereocenters. The number of urea groups is 1. The van der Waals surface area contributed by atoms with Gasteiger partial charge in [0.25, 0.3) is 5.69 Å². The minimum Gasteiger partial charge on any atom is -0.351 e. The Labute approximate surface area is 129 Å². The number of nitro groups is 1. The van der Waals surface area contributed by atoms with Crippen LogP contribution in [0.15, 0.2) is 42.5 Å². The quantitative estimate of drug-likeness (QED) is 0.679. The van der Waals surface area contributed by atoms with Gasteiger partial charge in [-0.2, -0.15) is 0 Å². The molecule has 0 aliphatic carbocycles. The number of non-ortho nitro benzene ring substituents is 1. The van der Waals surface area contributed by atoms with Gasteiger partial charge >= 0.3 is 6.03 Å². The Morgan fingerprint density at radius 3 is 2.24 bits per heavy atom. The van der Waals surface area contributed by atoms with E-state index in [1.54, 1.807) is 24.3 Å². The normalized spacial score (nSPS) is 10.2. The number of hydrogen-bond donors (Lipinski definition) is 1. The molecule has 0 atom stereocenters. The SMILES string of the molecule is NC(=O)N(c1ccc(Cl)cc1)c1ccc([N+](=O)[O-])cc1Cl. The number of rotatable bonds is 3. The topological polar surface area (TPSA) is 89.5 Å². The zero-order valence-corrected chi connectivity index (χ0v) is 12.0. The molecule has 0 saturated heterocycles. The minimum atomic E-state index is -0.770. The fourth-order valence-electron chi connectivity index (χ4n) is 1.77. The lowest BCUT2D eigenvalue weighted by molar-refractivity contribution is -0.384. The largest absolute Gasteiger partial charge is 0.351 e. The zero-order valence-electron chi connectivity index (χ0n) is 10.5. The summed E-state index contributed by atoms with van der Waals surface area (Å²) in [7, 11) is 0. The number of amides is 2. The van der Waals surface area contributed by atoms with Gasteiger partial charge in [0, 0.05) is 17.2 Å². The highest BCUT2D eigenvalue weighted by molar-refractivity contribution is 6.34. The van der Waals surface area contributed by atoms with Gasteiger partial charge < -0.3 is 5.73 Å². The molecule has 0 radical (unpaired) electrons. The van der Waals surface area contributed by atoms with Crippen LogP contribution in [-0.4, -0.2) is 11.0 Å². The van der Waals surface area contributed by atoms with E-state index in [-0.39, 0.29) is 16.4 Å². The molecule has 0 saturated carbocycles. The number of carbonyl (C=O) groups is 1. The molecular weight excluding hydrogens is 317 g/mol. The van der Waals surface area contributed by atoms with Crippen LogP contribution in [0.5, 0.6) is 0 Å². The number of benzene rings is 2. The fraction of sp³-hybridized carbons (Fsp3) is 0. The van der Waals surface area contributed by atoms with Crippen molar-refractivity contribution in [2.45, 2.75) is 0 Å². The van der Waals surface area contributed by atoms with Gasteiger partial charge in [-0.1, -0.05) is 23.2 Å². The van der Waals surface area contributed by atoms with Crippen molar-refractivity contribution in [1.29, 1.82) is 0 Å². The molecule has 8 heteroatoms. The Bertz CT molecular complexity index is 704. The predicted molar refractivity (Wildman–Crippen MR) is 81.3 cm³/mol. The maximum absolute atomic E-state index is 11.7. The van der Waals surface area contributed by atoms with Crippen molar-refractivity contribution >= 4 is 46.3 Å². The second kappa shape index (κ2) is 5.99. The number of nitrogens with zero attached hydrogens (tertiary/aromatic N) is 2. The first-order chi connectivity index (χ1) is 9.90. The Morgan fingerprint density at radius 2 is 1.76 bits per heavy atom. The molecule has 0 aliphatic heterocycles. The molecule has 2 rings (SSSR count).